The molecule has 0 atom stereocenters. The smallest absolute Gasteiger partial charge is 0.311 e. The molecule has 0 saturated carbocycles. The van der Waals surface area contributed by atoms with Gasteiger partial charge in [0.1, 0.15) is 5.75 Å². The third-order valence-corrected chi connectivity index (χ3v) is 3.24. The standard InChI is InChI=1S/C18H23NO4/c1-2-3-4-5-13-22-17(20)7-6-8-18(21)23-16-11-9-15(14-19)10-12-16/h9-12H,2-8,13H2,1H3. The zero-order chi connectivity index (χ0) is 16.9. The summed E-state index contributed by atoms with van der Waals surface area (Å²) in [5, 5.41) is 8.68. The number of benzene rings is 1. The van der Waals surface area contributed by atoms with Crippen molar-refractivity contribution in [2.75, 3.05) is 6.61 Å². The molecule has 0 N–H and O–H groups in total. The average molecular weight is 317 g/mol. The Kier molecular flexibility index (Phi) is 9.14. The summed E-state index contributed by atoms with van der Waals surface area (Å²) < 4.78 is 10.2. The highest BCUT2D eigenvalue weighted by molar-refractivity contribution is 5.74. The van der Waals surface area contributed by atoms with Crippen molar-refractivity contribution >= 4 is 11.9 Å². The molecular formula is C18H23NO4. The van der Waals surface area contributed by atoms with Crippen molar-refractivity contribution in [1.82, 2.24) is 0 Å². The number of esters is 2. The highest BCUT2D eigenvalue weighted by Gasteiger charge is 2.08. The normalized spacial score (nSPS) is 9.91. The molecule has 0 aliphatic heterocycles. The lowest BCUT2D eigenvalue weighted by atomic mass is 10.2. The predicted molar refractivity (Wildman–Crippen MR) is 85.7 cm³/mol. The maximum Gasteiger partial charge on any atom is 0.311 e. The van der Waals surface area contributed by atoms with Gasteiger partial charge in [-0.3, -0.25) is 9.59 Å². The van der Waals surface area contributed by atoms with Crippen molar-refractivity contribution in [1.29, 1.82) is 5.26 Å². The SMILES string of the molecule is CCCCCCOC(=O)CCCC(=O)Oc1ccc(C#N)cc1. The quantitative estimate of drug-likeness (QED) is 0.373. The fourth-order valence-corrected chi connectivity index (χ4v) is 1.94. The van der Waals surface area contributed by atoms with E-state index in [1.54, 1.807) is 24.3 Å². The summed E-state index contributed by atoms with van der Waals surface area (Å²) >= 11 is 0. The fraction of sp³-hybridized carbons (Fsp3) is 0.500. The van der Waals surface area contributed by atoms with Gasteiger partial charge >= 0.3 is 11.9 Å². The van der Waals surface area contributed by atoms with Crippen LogP contribution in [0.2, 0.25) is 0 Å². The van der Waals surface area contributed by atoms with E-state index >= 15 is 0 Å². The molecule has 5 heteroatoms. The fourth-order valence-electron chi connectivity index (χ4n) is 1.94. The van der Waals surface area contributed by atoms with E-state index < -0.39 is 5.97 Å². The number of hydrogen-bond acceptors (Lipinski definition) is 5. The van der Waals surface area contributed by atoms with Gasteiger partial charge in [0, 0.05) is 12.8 Å². The van der Waals surface area contributed by atoms with E-state index in [-0.39, 0.29) is 18.8 Å². The van der Waals surface area contributed by atoms with Crippen LogP contribution in [0.3, 0.4) is 0 Å². The van der Waals surface area contributed by atoms with Crippen LogP contribution >= 0.6 is 0 Å². The Balaban J connectivity index is 2.13. The van der Waals surface area contributed by atoms with E-state index in [1.807, 2.05) is 6.07 Å². The van der Waals surface area contributed by atoms with Gasteiger partial charge in [-0.05, 0) is 37.1 Å². The van der Waals surface area contributed by atoms with E-state index in [2.05, 4.69) is 6.92 Å². The molecule has 124 valence electrons. The number of rotatable bonds is 10. The van der Waals surface area contributed by atoms with Gasteiger partial charge in [0.05, 0.1) is 18.2 Å². The number of carbonyl (C=O) groups excluding carboxylic acids is 2. The Morgan fingerprint density at radius 3 is 2.35 bits per heavy atom. The van der Waals surface area contributed by atoms with Gasteiger partial charge < -0.3 is 9.47 Å². The number of hydrogen-bond donors (Lipinski definition) is 0. The first-order valence-corrected chi connectivity index (χ1v) is 8.02. The Morgan fingerprint density at radius 2 is 1.70 bits per heavy atom. The summed E-state index contributed by atoms with van der Waals surface area (Å²) in [6.07, 6.45) is 5.04. The molecule has 0 heterocycles. The summed E-state index contributed by atoms with van der Waals surface area (Å²) in [6, 6.07) is 8.29. The molecular weight excluding hydrogens is 294 g/mol. The Morgan fingerprint density at radius 1 is 1.00 bits per heavy atom. The lowest BCUT2D eigenvalue weighted by Crippen LogP contribution is -2.10. The number of ether oxygens (including phenoxy) is 2. The average Bonchev–Trinajstić information content (AvgIpc) is 2.55. The van der Waals surface area contributed by atoms with Crippen LogP contribution in [0.4, 0.5) is 0 Å². The van der Waals surface area contributed by atoms with Crippen molar-refractivity contribution in [3.63, 3.8) is 0 Å². The largest absolute Gasteiger partial charge is 0.466 e. The molecule has 0 spiro atoms. The van der Waals surface area contributed by atoms with Crippen LogP contribution in [-0.2, 0) is 14.3 Å². The minimum atomic E-state index is -0.398. The van der Waals surface area contributed by atoms with Crippen molar-refractivity contribution in [3.8, 4) is 11.8 Å². The van der Waals surface area contributed by atoms with Crippen LogP contribution in [0, 0.1) is 11.3 Å². The second-order valence-corrected chi connectivity index (χ2v) is 5.24. The summed E-state index contributed by atoms with van der Waals surface area (Å²) in [5.74, 6) is -0.273. The van der Waals surface area contributed by atoms with Crippen LogP contribution in [0.5, 0.6) is 5.75 Å². The third-order valence-electron chi connectivity index (χ3n) is 3.24. The lowest BCUT2D eigenvalue weighted by Gasteiger charge is -2.05. The first-order valence-electron chi connectivity index (χ1n) is 8.02. The van der Waals surface area contributed by atoms with Crippen LogP contribution < -0.4 is 4.74 Å². The molecule has 0 amide bonds. The van der Waals surface area contributed by atoms with Crippen LogP contribution in [0.25, 0.3) is 0 Å². The molecule has 0 saturated heterocycles. The van der Waals surface area contributed by atoms with Gasteiger partial charge in [0.15, 0.2) is 0 Å². The van der Waals surface area contributed by atoms with Gasteiger partial charge in [-0.2, -0.15) is 5.26 Å². The van der Waals surface area contributed by atoms with Crippen molar-refractivity contribution in [3.05, 3.63) is 29.8 Å². The molecule has 0 radical (unpaired) electrons. The summed E-state index contributed by atoms with van der Waals surface area (Å²) in [6.45, 7) is 2.58. The lowest BCUT2D eigenvalue weighted by molar-refractivity contribution is -0.144. The minimum absolute atomic E-state index is 0.158. The highest BCUT2D eigenvalue weighted by atomic mass is 16.5. The summed E-state index contributed by atoms with van der Waals surface area (Å²) in [5.41, 5.74) is 0.506. The van der Waals surface area contributed by atoms with Crippen molar-refractivity contribution in [2.24, 2.45) is 0 Å². The predicted octanol–water partition coefficient (Wildman–Crippen LogP) is 3.76. The molecule has 0 unspecified atom stereocenters. The molecule has 1 aromatic carbocycles. The maximum absolute atomic E-state index is 11.6. The zero-order valence-electron chi connectivity index (χ0n) is 13.5. The number of nitriles is 1. The van der Waals surface area contributed by atoms with E-state index in [4.69, 9.17) is 14.7 Å². The molecule has 0 aliphatic carbocycles. The Labute approximate surface area is 137 Å². The van der Waals surface area contributed by atoms with Crippen LogP contribution in [0.15, 0.2) is 24.3 Å². The number of nitrogens with zero attached hydrogens (tertiary/aromatic N) is 1. The topological polar surface area (TPSA) is 76.4 Å². The molecule has 1 rings (SSSR count). The Bertz CT molecular complexity index is 531. The van der Waals surface area contributed by atoms with Gasteiger partial charge in [0.25, 0.3) is 0 Å². The van der Waals surface area contributed by atoms with Gasteiger partial charge in [-0.25, -0.2) is 0 Å². The zero-order valence-corrected chi connectivity index (χ0v) is 13.5. The van der Waals surface area contributed by atoms with E-state index in [1.165, 1.54) is 0 Å². The first-order chi connectivity index (χ1) is 11.2. The minimum Gasteiger partial charge on any atom is -0.466 e. The van der Waals surface area contributed by atoms with E-state index in [0.29, 0.717) is 24.3 Å². The van der Waals surface area contributed by atoms with E-state index in [9.17, 15) is 9.59 Å². The van der Waals surface area contributed by atoms with Crippen LogP contribution in [-0.4, -0.2) is 18.5 Å². The summed E-state index contributed by atoms with van der Waals surface area (Å²) in [7, 11) is 0. The molecule has 0 aromatic heterocycles. The molecule has 0 aliphatic rings. The number of unbranched alkanes of at least 4 members (excludes halogenated alkanes) is 3. The Hall–Kier alpha value is -2.35. The van der Waals surface area contributed by atoms with Gasteiger partial charge in [-0.1, -0.05) is 26.2 Å². The first kappa shape index (κ1) is 18.7. The summed E-state index contributed by atoms with van der Waals surface area (Å²) in [4.78, 5) is 23.1. The van der Waals surface area contributed by atoms with Crippen LogP contribution in [0.1, 0.15) is 57.4 Å². The van der Waals surface area contributed by atoms with Crippen molar-refractivity contribution < 1.29 is 19.1 Å². The maximum atomic E-state index is 11.6. The monoisotopic (exact) mass is 317 g/mol. The number of carbonyl (C=O) groups is 2. The second kappa shape index (κ2) is 11.2. The highest BCUT2D eigenvalue weighted by Crippen LogP contribution is 2.13. The molecule has 0 fully saturated rings. The molecule has 23 heavy (non-hydrogen) atoms. The van der Waals surface area contributed by atoms with E-state index in [0.717, 1.165) is 25.7 Å². The molecule has 5 nitrogen and oxygen atoms in total. The molecule has 0 bridgehead atoms. The van der Waals surface area contributed by atoms with Gasteiger partial charge in [0.2, 0.25) is 0 Å². The van der Waals surface area contributed by atoms with Gasteiger partial charge in [-0.15, -0.1) is 0 Å². The van der Waals surface area contributed by atoms with Crippen molar-refractivity contribution in [2.45, 2.75) is 51.9 Å². The third kappa shape index (κ3) is 8.62. The second-order valence-electron chi connectivity index (χ2n) is 5.24. The molecule has 1 aromatic rings.